The number of carbonyl (C=O) groups is 1. The normalized spacial score (nSPS) is 10.6. The second-order valence-electron chi connectivity index (χ2n) is 4.10. The number of carbonyl (C=O) groups excluding carboxylic acids is 1. The van der Waals surface area contributed by atoms with E-state index in [1.807, 2.05) is 0 Å². The molecule has 0 bridgehead atoms. The predicted octanol–water partition coefficient (Wildman–Crippen LogP) is 2.89. The summed E-state index contributed by atoms with van der Waals surface area (Å²) in [5.41, 5.74) is 0.440. The molecule has 0 saturated heterocycles. The van der Waals surface area contributed by atoms with Gasteiger partial charge in [-0.2, -0.15) is 0 Å². The largest absolute Gasteiger partial charge is 0.352 e. The molecule has 0 aromatic heterocycles. The van der Waals surface area contributed by atoms with Crippen molar-refractivity contribution in [1.82, 2.24) is 5.32 Å². The highest BCUT2D eigenvalue weighted by atomic mass is 32.1. The van der Waals surface area contributed by atoms with Crippen molar-refractivity contribution in [2.75, 3.05) is 6.54 Å². The standard InChI is InChI=1S/C12H16FNOS/c1-8(2)5-6-14-12(15)9-3-4-10(13)11(16)7-9/h3-4,7-8,16H,5-6H2,1-2H3,(H,14,15). The van der Waals surface area contributed by atoms with Gasteiger partial charge in [0.15, 0.2) is 0 Å². The number of hydrogen-bond acceptors (Lipinski definition) is 2. The highest BCUT2D eigenvalue weighted by molar-refractivity contribution is 7.80. The molecule has 1 aromatic rings. The molecule has 0 aliphatic carbocycles. The van der Waals surface area contributed by atoms with Gasteiger partial charge in [-0.25, -0.2) is 4.39 Å². The molecular weight excluding hydrogens is 225 g/mol. The summed E-state index contributed by atoms with van der Waals surface area (Å²) in [4.78, 5) is 11.8. The van der Waals surface area contributed by atoms with E-state index in [0.29, 0.717) is 18.0 Å². The van der Waals surface area contributed by atoms with Crippen LogP contribution in [-0.4, -0.2) is 12.5 Å². The SMILES string of the molecule is CC(C)CCNC(=O)c1ccc(F)c(S)c1. The Labute approximate surface area is 101 Å². The van der Waals surface area contributed by atoms with Crippen molar-refractivity contribution in [1.29, 1.82) is 0 Å². The maximum absolute atomic E-state index is 12.9. The Bertz CT molecular complexity index is 379. The molecule has 0 heterocycles. The Morgan fingerprint density at radius 1 is 1.50 bits per heavy atom. The van der Waals surface area contributed by atoms with Gasteiger partial charge in [0.25, 0.3) is 5.91 Å². The minimum atomic E-state index is -0.415. The van der Waals surface area contributed by atoms with E-state index in [9.17, 15) is 9.18 Å². The summed E-state index contributed by atoms with van der Waals surface area (Å²) in [5.74, 6) is -0.0491. The summed E-state index contributed by atoms with van der Waals surface area (Å²) >= 11 is 3.93. The van der Waals surface area contributed by atoms with Crippen molar-refractivity contribution in [3.05, 3.63) is 29.6 Å². The summed E-state index contributed by atoms with van der Waals surface area (Å²) in [6.45, 7) is 4.82. The molecule has 0 atom stereocenters. The zero-order valence-corrected chi connectivity index (χ0v) is 10.4. The Morgan fingerprint density at radius 2 is 2.19 bits per heavy atom. The molecule has 1 rings (SSSR count). The lowest BCUT2D eigenvalue weighted by atomic mass is 10.1. The first-order valence-corrected chi connectivity index (χ1v) is 5.72. The second kappa shape index (κ2) is 5.89. The van der Waals surface area contributed by atoms with Crippen molar-refractivity contribution >= 4 is 18.5 Å². The fourth-order valence-electron chi connectivity index (χ4n) is 1.23. The van der Waals surface area contributed by atoms with Gasteiger partial charge in [0.1, 0.15) is 5.82 Å². The number of rotatable bonds is 4. The second-order valence-corrected chi connectivity index (χ2v) is 4.59. The monoisotopic (exact) mass is 241 g/mol. The van der Waals surface area contributed by atoms with Gasteiger partial charge in [0.05, 0.1) is 0 Å². The van der Waals surface area contributed by atoms with Crippen molar-refractivity contribution in [3.8, 4) is 0 Å². The van der Waals surface area contributed by atoms with Crippen LogP contribution in [0.1, 0.15) is 30.6 Å². The lowest BCUT2D eigenvalue weighted by Crippen LogP contribution is -2.25. The minimum absolute atomic E-state index is 0.184. The van der Waals surface area contributed by atoms with Gasteiger partial charge in [0, 0.05) is 17.0 Å². The molecule has 0 spiro atoms. The van der Waals surface area contributed by atoms with Crippen LogP contribution in [0.3, 0.4) is 0 Å². The van der Waals surface area contributed by atoms with E-state index in [2.05, 4.69) is 31.8 Å². The molecule has 16 heavy (non-hydrogen) atoms. The van der Waals surface area contributed by atoms with Crippen LogP contribution in [0.15, 0.2) is 23.1 Å². The molecule has 0 radical (unpaired) electrons. The van der Waals surface area contributed by atoms with Crippen LogP contribution in [0.25, 0.3) is 0 Å². The number of hydrogen-bond donors (Lipinski definition) is 2. The van der Waals surface area contributed by atoms with E-state index >= 15 is 0 Å². The number of benzene rings is 1. The van der Waals surface area contributed by atoms with E-state index < -0.39 is 5.82 Å². The van der Waals surface area contributed by atoms with Crippen LogP contribution in [0.2, 0.25) is 0 Å². The average Bonchev–Trinajstić information content (AvgIpc) is 2.21. The Kier molecular flexibility index (Phi) is 4.80. The van der Waals surface area contributed by atoms with E-state index in [1.165, 1.54) is 18.2 Å². The van der Waals surface area contributed by atoms with E-state index in [-0.39, 0.29) is 10.8 Å². The summed E-state index contributed by atoms with van der Waals surface area (Å²) in [6.07, 6.45) is 0.931. The first kappa shape index (κ1) is 13.0. The van der Waals surface area contributed by atoms with Crippen molar-refractivity contribution < 1.29 is 9.18 Å². The molecule has 1 amide bonds. The Morgan fingerprint density at radius 3 is 2.75 bits per heavy atom. The molecule has 0 fully saturated rings. The van der Waals surface area contributed by atoms with Gasteiger partial charge in [-0.1, -0.05) is 13.8 Å². The number of thiol groups is 1. The smallest absolute Gasteiger partial charge is 0.251 e. The van der Waals surface area contributed by atoms with E-state index in [4.69, 9.17) is 0 Å². The maximum atomic E-state index is 12.9. The summed E-state index contributed by atoms with van der Waals surface area (Å²) in [7, 11) is 0. The zero-order chi connectivity index (χ0) is 12.1. The first-order chi connectivity index (χ1) is 7.50. The van der Waals surface area contributed by atoms with Gasteiger partial charge in [-0.15, -0.1) is 12.6 Å². The Balaban J connectivity index is 2.56. The molecule has 0 aliphatic heterocycles. The van der Waals surface area contributed by atoms with Gasteiger partial charge in [0.2, 0.25) is 0 Å². The molecular formula is C12H16FNOS. The van der Waals surface area contributed by atoms with Crippen molar-refractivity contribution in [2.45, 2.75) is 25.2 Å². The topological polar surface area (TPSA) is 29.1 Å². The molecule has 0 saturated carbocycles. The third-order valence-electron chi connectivity index (χ3n) is 2.22. The van der Waals surface area contributed by atoms with Gasteiger partial charge < -0.3 is 5.32 Å². The maximum Gasteiger partial charge on any atom is 0.251 e. The lowest BCUT2D eigenvalue weighted by Gasteiger charge is -2.07. The zero-order valence-electron chi connectivity index (χ0n) is 9.46. The quantitative estimate of drug-likeness (QED) is 0.780. The van der Waals surface area contributed by atoms with Crippen LogP contribution in [-0.2, 0) is 0 Å². The molecule has 4 heteroatoms. The summed E-state index contributed by atoms with van der Waals surface area (Å²) in [6, 6.07) is 4.14. The Hall–Kier alpha value is -1.03. The van der Waals surface area contributed by atoms with E-state index in [1.54, 1.807) is 0 Å². The van der Waals surface area contributed by atoms with Gasteiger partial charge >= 0.3 is 0 Å². The molecule has 0 aliphatic rings. The predicted molar refractivity (Wildman–Crippen MR) is 65.4 cm³/mol. The van der Waals surface area contributed by atoms with Crippen LogP contribution >= 0.6 is 12.6 Å². The summed E-state index contributed by atoms with van der Waals surface area (Å²) in [5, 5.41) is 2.78. The molecule has 1 N–H and O–H groups in total. The summed E-state index contributed by atoms with van der Waals surface area (Å²) < 4.78 is 12.9. The van der Waals surface area contributed by atoms with Crippen LogP contribution < -0.4 is 5.32 Å². The highest BCUT2D eigenvalue weighted by Crippen LogP contribution is 2.14. The lowest BCUT2D eigenvalue weighted by molar-refractivity contribution is 0.0951. The number of halogens is 1. The third-order valence-corrected chi connectivity index (χ3v) is 2.56. The van der Waals surface area contributed by atoms with Crippen molar-refractivity contribution in [2.24, 2.45) is 5.92 Å². The average molecular weight is 241 g/mol. The third kappa shape index (κ3) is 3.85. The fraction of sp³-hybridized carbons (Fsp3) is 0.417. The number of nitrogens with one attached hydrogen (secondary N) is 1. The van der Waals surface area contributed by atoms with Crippen molar-refractivity contribution in [3.63, 3.8) is 0 Å². The first-order valence-electron chi connectivity index (χ1n) is 5.27. The molecule has 0 unspecified atom stereocenters. The highest BCUT2D eigenvalue weighted by Gasteiger charge is 2.07. The van der Waals surface area contributed by atoms with Crippen LogP contribution in [0.5, 0.6) is 0 Å². The number of amides is 1. The minimum Gasteiger partial charge on any atom is -0.352 e. The van der Waals surface area contributed by atoms with Crippen LogP contribution in [0, 0.1) is 11.7 Å². The van der Waals surface area contributed by atoms with Crippen LogP contribution in [0.4, 0.5) is 4.39 Å². The molecule has 88 valence electrons. The fourth-order valence-corrected chi connectivity index (χ4v) is 1.44. The molecule has 1 aromatic carbocycles. The van der Waals surface area contributed by atoms with Gasteiger partial charge in [-0.3, -0.25) is 4.79 Å². The molecule has 2 nitrogen and oxygen atoms in total. The van der Waals surface area contributed by atoms with Gasteiger partial charge in [-0.05, 0) is 30.5 Å². The van der Waals surface area contributed by atoms with E-state index in [0.717, 1.165) is 6.42 Å².